The lowest BCUT2D eigenvalue weighted by Gasteiger charge is -2.10. The molecule has 0 fully saturated rings. The Balaban J connectivity index is 1.70. The van der Waals surface area contributed by atoms with E-state index in [9.17, 15) is 4.79 Å². The van der Waals surface area contributed by atoms with Crippen molar-refractivity contribution in [2.75, 3.05) is 30.5 Å². The minimum atomic E-state index is -0.102. The highest BCUT2D eigenvalue weighted by atomic mass is 35.5. The van der Waals surface area contributed by atoms with E-state index in [2.05, 4.69) is 5.32 Å². The highest BCUT2D eigenvalue weighted by Gasteiger charge is 2.08. The molecular weight excluding hydrogens is 334 g/mol. The summed E-state index contributed by atoms with van der Waals surface area (Å²) in [6.07, 6.45) is 0. The predicted octanol–water partition coefficient (Wildman–Crippen LogP) is 4.10. The fourth-order valence-corrected chi connectivity index (χ4v) is 2.64. The molecule has 0 bridgehead atoms. The number of amides is 1. The fraction of sp³-hybridized carbons (Fsp3) is 0.235. The van der Waals surface area contributed by atoms with Crippen LogP contribution in [0.4, 0.5) is 5.69 Å². The van der Waals surface area contributed by atoms with Gasteiger partial charge in [-0.25, -0.2) is 0 Å². The van der Waals surface area contributed by atoms with Crippen LogP contribution in [0.15, 0.2) is 48.5 Å². The first-order chi connectivity index (χ1) is 11.2. The Kier molecular flexibility index (Phi) is 7.10. The molecule has 0 radical (unpaired) electrons. The minimum absolute atomic E-state index is 0.102. The third-order valence-corrected chi connectivity index (χ3v) is 4.07. The number of halogens is 1. The first-order valence-electron chi connectivity index (χ1n) is 7.08. The third kappa shape index (κ3) is 6.04. The fourth-order valence-electron chi connectivity index (χ4n) is 1.86. The first-order valence-corrected chi connectivity index (χ1v) is 8.61. The van der Waals surface area contributed by atoms with Gasteiger partial charge in [0.2, 0.25) is 5.91 Å². The monoisotopic (exact) mass is 351 g/mol. The lowest BCUT2D eigenvalue weighted by molar-refractivity contribution is -0.113. The number of nitrogens with one attached hydrogen (secondary N) is 1. The smallest absolute Gasteiger partial charge is 0.234 e. The van der Waals surface area contributed by atoms with Crippen LogP contribution in [-0.2, 0) is 4.79 Å². The van der Waals surface area contributed by atoms with E-state index in [-0.39, 0.29) is 5.91 Å². The third-order valence-electron chi connectivity index (χ3n) is 2.91. The summed E-state index contributed by atoms with van der Waals surface area (Å²) in [7, 11) is 1.55. The number of para-hydroxylation sites is 1. The van der Waals surface area contributed by atoms with E-state index < -0.39 is 0 Å². The highest BCUT2D eigenvalue weighted by Crippen LogP contribution is 2.27. The van der Waals surface area contributed by atoms with E-state index >= 15 is 0 Å². The lowest BCUT2D eigenvalue weighted by Crippen LogP contribution is -2.15. The van der Waals surface area contributed by atoms with Gasteiger partial charge in [0.05, 0.1) is 25.2 Å². The number of carbonyl (C=O) groups is 1. The Morgan fingerprint density at radius 3 is 2.74 bits per heavy atom. The Bertz CT molecular complexity index is 637. The quantitative estimate of drug-likeness (QED) is 0.727. The van der Waals surface area contributed by atoms with Crippen LogP contribution in [0.1, 0.15) is 0 Å². The average molecular weight is 352 g/mol. The van der Waals surface area contributed by atoms with E-state index in [1.165, 1.54) is 11.8 Å². The summed E-state index contributed by atoms with van der Waals surface area (Å²) in [5, 5.41) is 3.35. The number of hydrogen-bond donors (Lipinski definition) is 1. The molecule has 1 N–H and O–H groups in total. The molecule has 0 aliphatic heterocycles. The Morgan fingerprint density at radius 1 is 1.22 bits per heavy atom. The van der Waals surface area contributed by atoms with Gasteiger partial charge < -0.3 is 14.8 Å². The maximum absolute atomic E-state index is 12.0. The van der Waals surface area contributed by atoms with Crippen LogP contribution in [0.3, 0.4) is 0 Å². The zero-order chi connectivity index (χ0) is 16.5. The number of carbonyl (C=O) groups excluding carboxylic acids is 1. The van der Waals surface area contributed by atoms with Gasteiger partial charge >= 0.3 is 0 Å². The normalized spacial score (nSPS) is 10.2. The van der Waals surface area contributed by atoms with Crippen LogP contribution < -0.4 is 14.8 Å². The topological polar surface area (TPSA) is 47.6 Å². The van der Waals surface area contributed by atoms with Crippen molar-refractivity contribution in [2.45, 2.75) is 0 Å². The Hall–Kier alpha value is -1.85. The van der Waals surface area contributed by atoms with Crippen LogP contribution in [0.5, 0.6) is 11.5 Å². The number of thioether (sulfide) groups is 1. The van der Waals surface area contributed by atoms with Crippen molar-refractivity contribution in [2.24, 2.45) is 0 Å². The molecule has 0 unspecified atom stereocenters. The van der Waals surface area contributed by atoms with Crippen LogP contribution >= 0.6 is 23.4 Å². The standard InChI is InChI=1S/C17H18ClNO3S/c1-21-16-8-7-13(18)11-15(16)19-17(20)12-23-10-9-22-14-5-3-2-4-6-14/h2-8,11H,9-10,12H2,1H3,(H,19,20). The molecule has 2 rings (SSSR count). The first kappa shape index (κ1) is 17.5. The molecular formula is C17H18ClNO3S. The summed E-state index contributed by atoms with van der Waals surface area (Å²) >= 11 is 7.44. The number of methoxy groups -OCH3 is 1. The molecule has 0 saturated heterocycles. The van der Waals surface area contributed by atoms with Crippen LogP contribution in [0.2, 0.25) is 5.02 Å². The van der Waals surface area contributed by atoms with E-state index in [0.29, 0.717) is 28.8 Å². The molecule has 0 saturated carbocycles. The van der Waals surface area contributed by atoms with Gasteiger partial charge in [-0.15, -0.1) is 11.8 Å². The number of ether oxygens (including phenoxy) is 2. The summed E-state index contributed by atoms with van der Waals surface area (Å²) in [6, 6.07) is 14.7. The lowest BCUT2D eigenvalue weighted by atomic mass is 10.3. The van der Waals surface area contributed by atoms with Gasteiger partial charge in [-0.05, 0) is 30.3 Å². The van der Waals surface area contributed by atoms with E-state index in [4.69, 9.17) is 21.1 Å². The maximum Gasteiger partial charge on any atom is 0.234 e. The summed E-state index contributed by atoms with van der Waals surface area (Å²) < 4.78 is 10.8. The molecule has 0 aliphatic carbocycles. The van der Waals surface area contributed by atoms with Crippen molar-refractivity contribution in [1.82, 2.24) is 0 Å². The van der Waals surface area contributed by atoms with Gasteiger partial charge in [-0.1, -0.05) is 29.8 Å². The molecule has 0 aromatic heterocycles. The molecule has 0 aliphatic rings. The van der Waals surface area contributed by atoms with Crippen molar-refractivity contribution in [3.05, 3.63) is 53.6 Å². The molecule has 23 heavy (non-hydrogen) atoms. The van der Waals surface area contributed by atoms with E-state index in [0.717, 1.165) is 11.5 Å². The minimum Gasteiger partial charge on any atom is -0.495 e. The SMILES string of the molecule is COc1ccc(Cl)cc1NC(=O)CSCCOc1ccccc1. The van der Waals surface area contributed by atoms with Crippen molar-refractivity contribution < 1.29 is 14.3 Å². The summed E-state index contributed by atoms with van der Waals surface area (Å²) in [6.45, 7) is 0.558. The molecule has 6 heteroatoms. The van der Waals surface area contributed by atoms with Gasteiger partial charge in [-0.2, -0.15) is 0 Å². The zero-order valence-electron chi connectivity index (χ0n) is 12.8. The molecule has 0 heterocycles. The molecule has 2 aromatic carbocycles. The van der Waals surface area contributed by atoms with Crippen LogP contribution in [-0.4, -0.2) is 31.1 Å². The Morgan fingerprint density at radius 2 is 2.00 bits per heavy atom. The zero-order valence-corrected chi connectivity index (χ0v) is 14.3. The van der Waals surface area contributed by atoms with Crippen molar-refractivity contribution in [3.63, 3.8) is 0 Å². The molecule has 4 nitrogen and oxygen atoms in total. The van der Waals surface area contributed by atoms with Crippen molar-refractivity contribution in [1.29, 1.82) is 0 Å². The number of hydrogen-bond acceptors (Lipinski definition) is 4. The molecule has 0 atom stereocenters. The van der Waals surface area contributed by atoms with Gasteiger partial charge in [0.15, 0.2) is 0 Å². The molecule has 122 valence electrons. The number of rotatable bonds is 8. The van der Waals surface area contributed by atoms with E-state index in [1.54, 1.807) is 25.3 Å². The predicted molar refractivity (Wildman–Crippen MR) is 95.9 cm³/mol. The number of benzene rings is 2. The highest BCUT2D eigenvalue weighted by molar-refractivity contribution is 7.99. The van der Waals surface area contributed by atoms with Gasteiger partial charge in [-0.3, -0.25) is 4.79 Å². The maximum atomic E-state index is 12.0. The average Bonchev–Trinajstić information content (AvgIpc) is 2.56. The summed E-state index contributed by atoms with van der Waals surface area (Å²) in [5.74, 6) is 2.39. The largest absolute Gasteiger partial charge is 0.495 e. The summed E-state index contributed by atoms with van der Waals surface area (Å²) in [4.78, 5) is 12.0. The molecule has 1 amide bonds. The molecule has 2 aromatic rings. The van der Waals surface area contributed by atoms with Gasteiger partial charge in [0.1, 0.15) is 11.5 Å². The number of anilines is 1. The Labute approximate surface area is 145 Å². The van der Waals surface area contributed by atoms with E-state index in [1.807, 2.05) is 30.3 Å². The van der Waals surface area contributed by atoms with Crippen LogP contribution in [0, 0.1) is 0 Å². The van der Waals surface area contributed by atoms with Crippen LogP contribution in [0.25, 0.3) is 0 Å². The second-order valence-electron chi connectivity index (χ2n) is 4.61. The van der Waals surface area contributed by atoms with Crippen molar-refractivity contribution in [3.8, 4) is 11.5 Å². The van der Waals surface area contributed by atoms with Crippen molar-refractivity contribution >= 4 is 35.0 Å². The summed E-state index contributed by atoms with van der Waals surface area (Å²) in [5.41, 5.74) is 0.575. The van der Waals surface area contributed by atoms with Gasteiger partial charge in [0, 0.05) is 10.8 Å². The van der Waals surface area contributed by atoms with Gasteiger partial charge in [0.25, 0.3) is 0 Å². The second kappa shape index (κ2) is 9.33. The molecule has 0 spiro atoms. The second-order valence-corrected chi connectivity index (χ2v) is 6.15.